The predicted molar refractivity (Wildman–Crippen MR) is 57.6 cm³/mol. The summed E-state index contributed by atoms with van der Waals surface area (Å²) < 4.78 is 26.4. The first kappa shape index (κ1) is 12.1. The van der Waals surface area contributed by atoms with Gasteiger partial charge in [-0.3, -0.25) is 0 Å². The molecular formula is C12H17F2N. The van der Waals surface area contributed by atoms with Gasteiger partial charge in [-0.05, 0) is 37.8 Å². The van der Waals surface area contributed by atoms with E-state index in [0.717, 1.165) is 19.3 Å². The summed E-state index contributed by atoms with van der Waals surface area (Å²) in [6.07, 6.45) is 2.86. The smallest absolute Gasteiger partial charge is 0.129 e. The van der Waals surface area contributed by atoms with Gasteiger partial charge in [0.15, 0.2) is 0 Å². The van der Waals surface area contributed by atoms with E-state index in [1.807, 2.05) is 6.92 Å². The summed E-state index contributed by atoms with van der Waals surface area (Å²) in [6.45, 7) is 2.01. The first-order chi connectivity index (χ1) is 7.15. The molecule has 1 aromatic rings. The highest BCUT2D eigenvalue weighted by molar-refractivity contribution is 5.19. The molecule has 15 heavy (non-hydrogen) atoms. The van der Waals surface area contributed by atoms with Gasteiger partial charge in [-0.25, -0.2) is 8.78 Å². The van der Waals surface area contributed by atoms with Gasteiger partial charge < -0.3 is 5.73 Å². The molecule has 0 amide bonds. The number of benzene rings is 1. The Kier molecular flexibility index (Phi) is 4.69. The van der Waals surface area contributed by atoms with Crippen molar-refractivity contribution in [3.8, 4) is 0 Å². The van der Waals surface area contributed by atoms with Crippen LogP contribution in [0.2, 0.25) is 0 Å². The second-order valence-electron chi connectivity index (χ2n) is 3.76. The lowest BCUT2D eigenvalue weighted by Crippen LogP contribution is -2.18. The lowest BCUT2D eigenvalue weighted by atomic mass is 10.0. The zero-order valence-corrected chi connectivity index (χ0v) is 8.97. The number of rotatable bonds is 5. The molecule has 0 aliphatic rings. The average Bonchev–Trinajstić information content (AvgIpc) is 2.22. The third-order valence-electron chi connectivity index (χ3n) is 2.59. The molecule has 0 fully saturated rings. The van der Waals surface area contributed by atoms with Crippen LogP contribution in [0.5, 0.6) is 0 Å². The molecule has 84 valence electrons. The standard InChI is InChI=1S/C12H17F2N/c1-2-9(15)5-3-6-10-11(13)7-4-8-12(10)14/h4,7-9H,2-3,5-6,15H2,1H3. The molecule has 0 aliphatic heterocycles. The number of halogens is 2. The quantitative estimate of drug-likeness (QED) is 0.799. The summed E-state index contributed by atoms with van der Waals surface area (Å²) >= 11 is 0. The van der Waals surface area contributed by atoms with E-state index in [1.54, 1.807) is 0 Å². The topological polar surface area (TPSA) is 26.0 Å². The maximum atomic E-state index is 13.2. The molecule has 1 unspecified atom stereocenters. The summed E-state index contributed by atoms with van der Waals surface area (Å²) in [5, 5.41) is 0. The van der Waals surface area contributed by atoms with Crippen molar-refractivity contribution in [2.75, 3.05) is 0 Å². The van der Waals surface area contributed by atoms with Crippen molar-refractivity contribution in [1.82, 2.24) is 0 Å². The molecule has 3 heteroatoms. The fraction of sp³-hybridized carbons (Fsp3) is 0.500. The van der Waals surface area contributed by atoms with Gasteiger partial charge in [-0.2, -0.15) is 0 Å². The van der Waals surface area contributed by atoms with Crippen molar-refractivity contribution in [2.45, 2.75) is 38.6 Å². The van der Waals surface area contributed by atoms with E-state index < -0.39 is 11.6 Å². The van der Waals surface area contributed by atoms with E-state index in [9.17, 15) is 8.78 Å². The largest absolute Gasteiger partial charge is 0.328 e. The molecule has 1 aromatic carbocycles. The Morgan fingerprint density at radius 2 is 1.87 bits per heavy atom. The van der Waals surface area contributed by atoms with Crippen LogP contribution < -0.4 is 5.73 Å². The molecule has 0 bridgehead atoms. The van der Waals surface area contributed by atoms with Crippen molar-refractivity contribution in [2.24, 2.45) is 5.73 Å². The first-order valence-corrected chi connectivity index (χ1v) is 5.33. The van der Waals surface area contributed by atoms with Crippen molar-refractivity contribution in [3.63, 3.8) is 0 Å². The van der Waals surface area contributed by atoms with Crippen LogP contribution >= 0.6 is 0 Å². The minimum Gasteiger partial charge on any atom is -0.328 e. The molecule has 1 atom stereocenters. The molecule has 0 spiro atoms. The molecule has 0 radical (unpaired) electrons. The second kappa shape index (κ2) is 5.81. The van der Waals surface area contributed by atoms with Crippen molar-refractivity contribution in [3.05, 3.63) is 35.4 Å². The number of hydrogen-bond donors (Lipinski definition) is 1. The SMILES string of the molecule is CCC(N)CCCc1c(F)cccc1F. The third kappa shape index (κ3) is 3.59. The van der Waals surface area contributed by atoms with Crippen molar-refractivity contribution < 1.29 is 8.78 Å². The summed E-state index contributed by atoms with van der Waals surface area (Å²) in [5.41, 5.74) is 5.91. The van der Waals surface area contributed by atoms with E-state index in [-0.39, 0.29) is 11.6 Å². The molecule has 0 saturated carbocycles. The van der Waals surface area contributed by atoms with Gasteiger partial charge in [0, 0.05) is 11.6 Å². The van der Waals surface area contributed by atoms with E-state index in [4.69, 9.17) is 5.73 Å². The van der Waals surface area contributed by atoms with Crippen LogP contribution in [0.15, 0.2) is 18.2 Å². The molecule has 0 aromatic heterocycles. The van der Waals surface area contributed by atoms with E-state index in [1.165, 1.54) is 18.2 Å². The summed E-state index contributed by atoms with van der Waals surface area (Å²) in [5.74, 6) is -0.917. The van der Waals surface area contributed by atoms with Gasteiger partial charge in [-0.1, -0.05) is 13.0 Å². The molecule has 0 saturated heterocycles. The highest BCUT2D eigenvalue weighted by Crippen LogP contribution is 2.15. The van der Waals surface area contributed by atoms with Crippen molar-refractivity contribution >= 4 is 0 Å². The first-order valence-electron chi connectivity index (χ1n) is 5.33. The Morgan fingerprint density at radius 1 is 1.27 bits per heavy atom. The minimum atomic E-state index is -0.458. The Labute approximate surface area is 89.3 Å². The maximum absolute atomic E-state index is 13.2. The molecule has 1 rings (SSSR count). The van der Waals surface area contributed by atoms with Crippen LogP contribution in [0, 0.1) is 11.6 Å². The van der Waals surface area contributed by atoms with Gasteiger partial charge >= 0.3 is 0 Å². The van der Waals surface area contributed by atoms with Gasteiger partial charge in [0.1, 0.15) is 11.6 Å². The van der Waals surface area contributed by atoms with Crippen LogP contribution in [-0.2, 0) is 6.42 Å². The molecular weight excluding hydrogens is 196 g/mol. The van der Waals surface area contributed by atoms with Crippen molar-refractivity contribution in [1.29, 1.82) is 0 Å². The second-order valence-corrected chi connectivity index (χ2v) is 3.76. The Morgan fingerprint density at radius 3 is 2.40 bits per heavy atom. The molecule has 0 aliphatic carbocycles. The lowest BCUT2D eigenvalue weighted by Gasteiger charge is -2.08. The fourth-order valence-electron chi connectivity index (χ4n) is 1.52. The third-order valence-corrected chi connectivity index (χ3v) is 2.59. The Balaban J connectivity index is 2.50. The Bertz CT molecular complexity index is 292. The fourth-order valence-corrected chi connectivity index (χ4v) is 1.52. The molecule has 1 nitrogen and oxygen atoms in total. The monoisotopic (exact) mass is 213 g/mol. The zero-order chi connectivity index (χ0) is 11.3. The highest BCUT2D eigenvalue weighted by atomic mass is 19.1. The normalized spacial score (nSPS) is 12.8. The van der Waals surface area contributed by atoms with Crippen LogP contribution in [0.4, 0.5) is 8.78 Å². The molecule has 2 N–H and O–H groups in total. The van der Waals surface area contributed by atoms with Gasteiger partial charge in [0.2, 0.25) is 0 Å². The number of nitrogens with two attached hydrogens (primary N) is 1. The maximum Gasteiger partial charge on any atom is 0.129 e. The highest BCUT2D eigenvalue weighted by Gasteiger charge is 2.08. The summed E-state index contributed by atoms with van der Waals surface area (Å²) in [7, 11) is 0. The average molecular weight is 213 g/mol. The minimum absolute atomic E-state index is 0.139. The van der Waals surface area contributed by atoms with Gasteiger partial charge in [0.05, 0.1) is 0 Å². The predicted octanol–water partition coefficient (Wildman–Crippen LogP) is 3.02. The summed E-state index contributed by atoms with van der Waals surface area (Å²) in [4.78, 5) is 0. The van der Waals surface area contributed by atoms with Gasteiger partial charge in [-0.15, -0.1) is 0 Å². The van der Waals surface area contributed by atoms with Crippen LogP contribution in [0.1, 0.15) is 31.7 Å². The van der Waals surface area contributed by atoms with E-state index >= 15 is 0 Å². The van der Waals surface area contributed by atoms with Crippen LogP contribution in [0.25, 0.3) is 0 Å². The van der Waals surface area contributed by atoms with Crippen LogP contribution in [-0.4, -0.2) is 6.04 Å². The lowest BCUT2D eigenvalue weighted by molar-refractivity contribution is 0.525. The van der Waals surface area contributed by atoms with Crippen LogP contribution in [0.3, 0.4) is 0 Å². The van der Waals surface area contributed by atoms with E-state index in [2.05, 4.69) is 0 Å². The summed E-state index contributed by atoms with van der Waals surface area (Å²) in [6, 6.07) is 4.10. The molecule has 0 heterocycles. The van der Waals surface area contributed by atoms with Gasteiger partial charge in [0.25, 0.3) is 0 Å². The number of hydrogen-bond acceptors (Lipinski definition) is 1. The Hall–Kier alpha value is -0.960. The zero-order valence-electron chi connectivity index (χ0n) is 8.97. The van der Waals surface area contributed by atoms with E-state index in [0.29, 0.717) is 6.42 Å².